The fraction of sp³-hybridized carbons (Fsp3) is 0.917. The summed E-state index contributed by atoms with van der Waals surface area (Å²) in [5.41, 5.74) is 0. The maximum absolute atomic E-state index is 10.8. The number of hydrogen-bond acceptors (Lipinski definition) is 2. The van der Waals surface area contributed by atoms with E-state index in [0.717, 1.165) is 4.47 Å². The van der Waals surface area contributed by atoms with Crippen molar-refractivity contribution in [1.29, 1.82) is 0 Å². The Kier molecular flexibility index (Phi) is 12.5. The molecule has 0 N–H and O–H groups in total. The fourth-order valence-electron chi connectivity index (χ4n) is 1.34. The van der Waals surface area contributed by atoms with Crippen molar-refractivity contribution in [2.45, 2.75) is 60.8 Å². The van der Waals surface area contributed by atoms with Gasteiger partial charge in [0.1, 0.15) is 0 Å². The summed E-state index contributed by atoms with van der Waals surface area (Å²) in [5.74, 6) is -0.0388. The van der Waals surface area contributed by atoms with E-state index in [-0.39, 0.29) is 26.9 Å². The predicted octanol–water partition coefficient (Wildman–Crippen LogP) is 3.45. The van der Waals surface area contributed by atoms with Gasteiger partial charge < -0.3 is 0 Å². The minimum atomic E-state index is -0.0388. The first-order valence-electron chi connectivity index (χ1n) is 5.95. The standard InChI is InChI=1S/C12H24O2Te/c1-3-4-5-6-7-8-10-15-11-9-12(13)14-2/h3-11H2,1-2H3. The Morgan fingerprint density at radius 3 is 2.40 bits per heavy atom. The number of carbonyl (C=O) groups excluding carboxylic acids is 1. The first-order valence-corrected chi connectivity index (χ1v) is 9.25. The van der Waals surface area contributed by atoms with Crippen LogP contribution in [0.4, 0.5) is 0 Å². The van der Waals surface area contributed by atoms with Gasteiger partial charge in [-0.05, 0) is 0 Å². The molecular weight excluding hydrogens is 304 g/mol. The second-order valence-corrected chi connectivity index (χ2v) is 7.20. The van der Waals surface area contributed by atoms with E-state index in [2.05, 4.69) is 11.7 Å². The van der Waals surface area contributed by atoms with Crippen LogP contribution >= 0.6 is 0 Å². The molecule has 90 valence electrons. The SMILES string of the molecule is CCCCCCCC[Te]CCC(=O)OC. The molecule has 3 heteroatoms. The summed E-state index contributed by atoms with van der Waals surface area (Å²) in [6.07, 6.45) is 8.94. The van der Waals surface area contributed by atoms with E-state index in [0.29, 0.717) is 6.42 Å². The van der Waals surface area contributed by atoms with E-state index in [1.165, 1.54) is 50.1 Å². The van der Waals surface area contributed by atoms with E-state index < -0.39 is 0 Å². The van der Waals surface area contributed by atoms with E-state index in [4.69, 9.17) is 0 Å². The van der Waals surface area contributed by atoms with Crippen molar-refractivity contribution in [2.75, 3.05) is 7.11 Å². The van der Waals surface area contributed by atoms with Crippen molar-refractivity contribution in [3.05, 3.63) is 0 Å². The topological polar surface area (TPSA) is 26.3 Å². The van der Waals surface area contributed by atoms with Crippen molar-refractivity contribution in [3.63, 3.8) is 0 Å². The molecule has 2 nitrogen and oxygen atoms in total. The summed E-state index contributed by atoms with van der Waals surface area (Å²) >= 11 is 0.0925. The monoisotopic (exact) mass is 330 g/mol. The number of esters is 1. The van der Waals surface area contributed by atoms with Crippen LogP contribution in [0, 0.1) is 0 Å². The maximum atomic E-state index is 10.8. The third-order valence-electron chi connectivity index (χ3n) is 2.32. The summed E-state index contributed by atoms with van der Waals surface area (Å²) in [6, 6.07) is 0. The number of methoxy groups -OCH3 is 1. The fourth-order valence-corrected chi connectivity index (χ4v) is 3.98. The quantitative estimate of drug-likeness (QED) is 0.349. The second kappa shape index (κ2) is 12.3. The van der Waals surface area contributed by atoms with Gasteiger partial charge in [0.05, 0.1) is 0 Å². The van der Waals surface area contributed by atoms with Crippen LogP contribution in [0.2, 0.25) is 8.94 Å². The first kappa shape index (κ1) is 15.3. The Labute approximate surface area is 104 Å². The molecule has 0 aliphatic heterocycles. The Morgan fingerprint density at radius 2 is 1.73 bits per heavy atom. The molecule has 0 atom stereocenters. The van der Waals surface area contributed by atoms with Crippen LogP contribution in [-0.4, -0.2) is 34.0 Å². The molecule has 0 spiro atoms. The van der Waals surface area contributed by atoms with E-state index in [1.54, 1.807) is 0 Å². The summed E-state index contributed by atoms with van der Waals surface area (Å²) in [5, 5.41) is 0. The van der Waals surface area contributed by atoms with Gasteiger partial charge in [-0.3, -0.25) is 0 Å². The Balaban J connectivity index is 2.95. The summed E-state index contributed by atoms with van der Waals surface area (Å²) < 4.78 is 7.12. The van der Waals surface area contributed by atoms with Crippen LogP contribution in [0.25, 0.3) is 0 Å². The number of unbranched alkanes of at least 4 members (excludes halogenated alkanes) is 5. The van der Waals surface area contributed by atoms with Gasteiger partial charge in [-0.2, -0.15) is 0 Å². The zero-order chi connectivity index (χ0) is 11.4. The summed E-state index contributed by atoms with van der Waals surface area (Å²) in [7, 11) is 1.47. The molecule has 0 aromatic carbocycles. The number of ether oxygens (including phenoxy) is 1. The van der Waals surface area contributed by atoms with Crippen molar-refractivity contribution in [3.8, 4) is 0 Å². The van der Waals surface area contributed by atoms with Gasteiger partial charge in [-0.25, -0.2) is 0 Å². The molecule has 15 heavy (non-hydrogen) atoms. The average Bonchev–Trinajstić information content (AvgIpc) is 2.26. The van der Waals surface area contributed by atoms with Crippen LogP contribution in [0.3, 0.4) is 0 Å². The molecule has 0 saturated heterocycles. The van der Waals surface area contributed by atoms with Gasteiger partial charge in [0, 0.05) is 0 Å². The Hall–Kier alpha value is 0.260. The van der Waals surface area contributed by atoms with Crippen LogP contribution < -0.4 is 0 Å². The molecule has 0 fully saturated rings. The minimum absolute atomic E-state index is 0.0388. The van der Waals surface area contributed by atoms with Crippen LogP contribution in [-0.2, 0) is 9.53 Å². The molecule has 0 radical (unpaired) electrons. The number of hydrogen-bond donors (Lipinski definition) is 0. The zero-order valence-electron chi connectivity index (χ0n) is 10.1. The van der Waals surface area contributed by atoms with Gasteiger partial charge in [0.2, 0.25) is 0 Å². The molecule has 0 heterocycles. The van der Waals surface area contributed by atoms with Crippen LogP contribution in [0.5, 0.6) is 0 Å². The van der Waals surface area contributed by atoms with E-state index >= 15 is 0 Å². The molecule has 0 amide bonds. The van der Waals surface area contributed by atoms with Crippen molar-refractivity contribution in [1.82, 2.24) is 0 Å². The molecule has 0 aliphatic carbocycles. The molecular formula is C12H24O2Te. The predicted molar refractivity (Wildman–Crippen MR) is 65.4 cm³/mol. The van der Waals surface area contributed by atoms with E-state index in [9.17, 15) is 4.79 Å². The molecule has 0 aliphatic rings. The van der Waals surface area contributed by atoms with Crippen molar-refractivity contribution >= 4 is 26.9 Å². The summed E-state index contributed by atoms with van der Waals surface area (Å²) in [4.78, 5) is 10.8. The van der Waals surface area contributed by atoms with Gasteiger partial charge in [0.15, 0.2) is 0 Å². The molecule has 0 rings (SSSR count). The van der Waals surface area contributed by atoms with Gasteiger partial charge in [-0.1, -0.05) is 0 Å². The Bertz CT molecular complexity index is 149. The number of carbonyl (C=O) groups is 1. The van der Waals surface area contributed by atoms with E-state index in [1.807, 2.05) is 0 Å². The van der Waals surface area contributed by atoms with Crippen LogP contribution in [0.1, 0.15) is 51.9 Å². The van der Waals surface area contributed by atoms with Crippen molar-refractivity contribution < 1.29 is 9.53 Å². The third kappa shape index (κ3) is 12.2. The first-order chi connectivity index (χ1) is 7.31. The molecule has 0 aromatic heterocycles. The van der Waals surface area contributed by atoms with Gasteiger partial charge >= 0.3 is 104 Å². The summed E-state index contributed by atoms with van der Waals surface area (Å²) in [6.45, 7) is 2.25. The molecule has 0 saturated carbocycles. The second-order valence-electron chi connectivity index (χ2n) is 3.71. The van der Waals surface area contributed by atoms with Crippen molar-refractivity contribution in [2.24, 2.45) is 0 Å². The average molecular weight is 328 g/mol. The third-order valence-corrected chi connectivity index (χ3v) is 5.37. The van der Waals surface area contributed by atoms with Gasteiger partial charge in [0.25, 0.3) is 0 Å². The molecule has 0 aromatic rings. The number of rotatable bonds is 10. The zero-order valence-corrected chi connectivity index (χ0v) is 12.4. The van der Waals surface area contributed by atoms with Crippen LogP contribution in [0.15, 0.2) is 0 Å². The Morgan fingerprint density at radius 1 is 1.07 bits per heavy atom. The normalized spacial score (nSPS) is 10.3. The van der Waals surface area contributed by atoms with Gasteiger partial charge in [-0.15, -0.1) is 0 Å². The molecule has 0 bridgehead atoms. The molecule has 0 unspecified atom stereocenters.